The Morgan fingerprint density at radius 2 is 2.07 bits per heavy atom. The summed E-state index contributed by atoms with van der Waals surface area (Å²) >= 11 is 6.12. The van der Waals surface area contributed by atoms with E-state index in [1.165, 1.54) is 18.2 Å². The Morgan fingerprint density at radius 1 is 1.30 bits per heavy atom. The van der Waals surface area contributed by atoms with Crippen molar-refractivity contribution in [2.75, 3.05) is 0 Å². The predicted octanol–water partition coefficient (Wildman–Crippen LogP) is 3.83. The van der Waals surface area contributed by atoms with Crippen LogP contribution >= 0.6 is 11.6 Å². The molecule has 138 valence electrons. The fraction of sp³-hybridized carbons (Fsp3) is 0.200. The standard InChI is InChI=1S/C20H16ClFN2O3/c1-10-16(19(24-27-10)17-13(21)7-4-8-14(17)22)20(26)23-18-12-6-3-2-5-11(12)9-15(18)25/h2-8,15,18,25H,9H2,1H3,(H,23,26)/t15-,18+/m1/s1. The summed E-state index contributed by atoms with van der Waals surface area (Å²) in [6.07, 6.45) is -0.289. The van der Waals surface area contributed by atoms with E-state index in [1.807, 2.05) is 24.3 Å². The zero-order valence-electron chi connectivity index (χ0n) is 14.4. The third-order valence-corrected chi connectivity index (χ3v) is 5.09. The predicted molar refractivity (Wildman–Crippen MR) is 98.0 cm³/mol. The van der Waals surface area contributed by atoms with Crippen molar-refractivity contribution in [1.29, 1.82) is 0 Å². The highest BCUT2D eigenvalue weighted by molar-refractivity contribution is 6.33. The summed E-state index contributed by atoms with van der Waals surface area (Å²) in [4.78, 5) is 13.0. The Balaban J connectivity index is 1.71. The molecule has 1 aliphatic rings. The number of nitrogens with one attached hydrogen (secondary N) is 1. The largest absolute Gasteiger partial charge is 0.390 e. The Labute approximate surface area is 159 Å². The summed E-state index contributed by atoms with van der Waals surface area (Å²) in [5, 5.41) is 17.2. The van der Waals surface area contributed by atoms with E-state index in [2.05, 4.69) is 10.5 Å². The van der Waals surface area contributed by atoms with Crippen LogP contribution in [0.5, 0.6) is 0 Å². The van der Waals surface area contributed by atoms with E-state index in [4.69, 9.17) is 16.1 Å². The number of aryl methyl sites for hydroxylation is 1. The summed E-state index contributed by atoms with van der Waals surface area (Å²) in [5.41, 5.74) is 1.98. The molecule has 0 aliphatic heterocycles. The van der Waals surface area contributed by atoms with Gasteiger partial charge in [0.05, 0.1) is 22.7 Å². The lowest BCUT2D eigenvalue weighted by Crippen LogP contribution is -2.34. The van der Waals surface area contributed by atoms with Gasteiger partial charge in [0.25, 0.3) is 5.91 Å². The van der Waals surface area contributed by atoms with Crippen LogP contribution in [0, 0.1) is 12.7 Å². The van der Waals surface area contributed by atoms with Gasteiger partial charge in [-0.1, -0.05) is 47.1 Å². The summed E-state index contributed by atoms with van der Waals surface area (Å²) in [7, 11) is 0. The normalized spacial score (nSPS) is 18.4. The van der Waals surface area contributed by atoms with Gasteiger partial charge in [-0.15, -0.1) is 0 Å². The van der Waals surface area contributed by atoms with Crippen LogP contribution in [0.2, 0.25) is 5.02 Å². The maximum absolute atomic E-state index is 14.3. The van der Waals surface area contributed by atoms with Gasteiger partial charge in [0.15, 0.2) is 0 Å². The fourth-order valence-corrected chi connectivity index (χ4v) is 3.75. The highest BCUT2D eigenvalue weighted by atomic mass is 35.5. The second-order valence-corrected chi connectivity index (χ2v) is 6.89. The van der Waals surface area contributed by atoms with E-state index in [9.17, 15) is 14.3 Å². The van der Waals surface area contributed by atoms with Crippen LogP contribution in [0.25, 0.3) is 11.3 Å². The van der Waals surface area contributed by atoms with Crippen molar-refractivity contribution < 1.29 is 18.8 Å². The van der Waals surface area contributed by atoms with Gasteiger partial charge in [-0.3, -0.25) is 4.79 Å². The minimum Gasteiger partial charge on any atom is -0.390 e. The highest BCUT2D eigenvalue weighted by Gasteiger charge is 2.34. The molecule has 0 spiro atoms. The van der Waals surface area contributed by atoms with Gasteiger partial charge in [0.1, 0.15) is 22.8 Å². The summed E-state index contributed by atoms with van der Waals surface area (Å²) in [6.45, 7) is 1.57. The average Bonchev–Trinajstić information content (AvgIpc) is 3.15. The number of benzene rings is 2. The number of aliphatic hydroxyl groups is 1. The molecule has 0 radical (unpaired) electrons. The molecule has 2 aromatic carbocycles. The smallest absolute Gasteiger partial charge is 0.257 e. The van der Waals surface area contributed by atoms with Crippen molar-refractivity contribution in [3.8, 4) is 11.3 Å². The van der Waals surface area contributed by atoms with Crippen LogP contribution in [0.1, 0.15) is 33.3 Å². The third kappa shape index (κ3) is 3.01. The van der Waals surface area contributed by atoms with Crippen LogP contribution in [0.4, 0.5) is 4.39 Å². The van der Waals surface area contributed by atoms with Crippen molar-refractivity contribution in [1.82, 2.24) is 10.5 Å². The Bertz CT molecular complexity index is 1010. The lowest BCUT2D eigenvalue weighted by molar-refractivity contribution is 0.0857. The maximum atomic E-state index is 14.3. The van der Waals surface area contributed by atoms with Crippen LogP contribution < -0.4 is 5.32 Å². The van der Waals surface area contributed by atoms with Crippen LogP contribution in [0.3, 0.4) is 0 Å². The van der Waals surface area contributed by atoms with Gasteiger partial charge in [-0.05, 0) is 30.2 Å². The van der Waals surface area contributed by atoms with Crippen molar-refractivity contribution >= 4 is 17.5 Å². The molecule has 27 heavy (non-hydrogen) atoms. The quantitative estimate of drug-likeness (QED) is 0.717. The number of halogens is 2. The average molecular weight is 387 g/mol. The lowest BCUT2D eigenvalue weighted by atomic mass is 10.0. The number of nitrogens with zero attached hydrogens (tertiary/aromatic N) is 1. The van der Waals surface area contributed by atoms with E-state index >= 15 is 0 Å². The minimum absolute atomic E-state index is 0.00790. The number of aliphatic hydroxyl groups excluding tert-OH is 1. The third-order valence-electron chi connectivity index (χ3n) is 4.78. The van der Waals surface area contributed by atoms with E-state index in [1.54, 1.807) is 6.92 Å². The van der Waals surface area contributed by atoms with Gasteiger partial charge in [0.2, 0.25) is 0 Å². The first-order valence-electron chi connectivity index (χ1n) is 8.44. The first-order chi connectivity index (χ1) is 13.0. The van der Waals surface area contributed by atoms with E-state index in [-0.39, 0.29) is 27.6 Å². The number of hydrogen-bond acceptors (Lipinski definition) is 4. The van der Waals surface area contributed by atoms with Crippen molar-refractivity contribution in [3.63, 3.8) is 0 Å². The zero-order valence-corrected chi connectivity index (χ0v) is 15.1. The highest BCUT2D eigenvalue weighted by Crippen LogP contribution is 2.35. The van der Waals surface area contributed by atoms with Crippen molar-refractivity contribution in [3.05, 3.63) is 75.8 Å². The second-order valence-electron chi connectivity index (χ2n) is 6.48. The molecule has 1 amide bonds. The van der Waals surface area contributed by atoms with Gasteiger partial charge in [-0.25, -0.2) is 4.39 Å². The summed E-state index contributed by atoms with van der Waals surface area (Å²) < 4.78 is 19.5. The number of carbonyl (C=O) groups excluding carboxylic acids is 1. The van der Waals surface area contributed by atoms with Crippen molar-refractivity contribution in [2.45, 2.75) is 25.5 Å². The monoisotopic (exact) mass is 386 g/mol. The molecule has 4 rings (SSSR count). The first-order valence-corrected chi connectivity index (χ1v) is 8.82. The van der Waals surface area contributed by atoms with E-state index in [0.717, 1.165) is 11.1 Å². The minimum atomic E-state index is -0.744. The topological polar surface area (TPSA) is 75.4 Å². The van der Waals surface area contributed by atoms with Gasteiger partial charge in [0, 0.05) is 6.42 Å². The molecule has 1 aliphatic carbocycles. The van der Waals surface area contributed by atoms with Crippen LogP contribution in [0.15, 0.2) is 47.0 Å². The van der Waals surface area contributed by atoms with Gasteiger partial charge >= 0.3 is 0 Å². The molecular formula is C20H16ClFN2O3. The number of aromatic nitrogens is 1. The maximum Gasteiger partial charge on any atom is 0.257 e. The Hall–Kier alpha value is -2.70. The molecule has 3 aromatic rings. The summed E-state index contributed by atoms with van der Waals surface area (Å²) in [5.74, 6) is -0.873. The number of amides is 1. The molecule has 0 saturated heterocycles. The molecule has 0 saturated carbocycles. The molecule has 5 nitrogen and oxygen atoms in total. The molecular weight excluding hydrogens is 371 g/mol. The number of rotatable bonds is 3. The van der Waals surface area contributed by atoms with Crippen molar-refractivity contribution in [2.24, 2.45) is 0 Å². The molecule has 1 heterocycles. The number of hydrogen-bond donors (Lipinski definition) is 2. The van der Waals surface area contributed by atoms with Gasteiger partial charge in [-0.2, -0.15) is 0 Å². The molecule has 1 aromatic heterocycles. The molecule has 0 unspecified atom stereocenters. The SMILES string of the molecule is Cc1onc(-c2c(F)cccc2Cl)c1C(=O)N[C@H]1c2ccccc2C[C@H]1O. The van der Waals surface area contributed by atoms with Crippen LogP contribution in [-0.4, -0.2) is 22.3 Å². The summed E-state index contributed by atoms with van der Waals surface area (Å²) in [6, 6.07) is 11.2. The fourth-order valence-electron chi connectivity index (χ4n) is 3.50. The van der Waals surface area contributed by atoms with E-state index in [0.29, 0.717) is 6.42 Å². The van der Waals surface area contributed by atoms with E-state index < -0.39 is 23.9 Å². The number of carbonyl (C=O) groups is 1. The zero-order chi connectivity index (χ0) is 19.1. The molecule has 0 fully saturated rings. The van der Waals surface area contributed by atoms with Gasteiger partial charge < -0.3 is 14.9 Å². The molecule has 7 heteroatoms. The molecule has 2 N–H and O–H groups in total. The Morgan fingerprint density at radius 3 is 2.85 bits per heavy atom. The molecule has 2 atom stereocenters. The lowest BCUT2D eigenvalue weighted by Gasteiger charge is -2.18. The first kappa shape index (κ1) is 17.7. The Kier molecular flexibility index (Phi) is 4.45. The molecule has 0 bridgehead atoms. The second kappa shape index (κ2) is 6.79. The van der Waals surface area contributed by atoms with Crippen LogP contribution in [-0.2, 0) is 6.42 Å². The number of fused-ring (bicyclic) bond motifs is 1.